The van der Waals surface area contributed by atoms with Crippen LogP contribution in [0.15, 0.2) is 23.3 Å². The topological polar surface area (TPSA) is 61.8 Å². The van der Waals surface area contributed by atoms with Crippen LogP contribution in [-0.2, 0) is 4.74 Å². The van der Waals surface area contributed by atoms with Gasteiger partial charge >= 0.3 is 0 Å². The van der Waals surface area contributed by atoms with Crippen molar-refractivity contribution in [2.45, 2.75) is 19.4 Å². The minimum Gasteiger partial charge on any atom is -0.380 e. The van der Waals surface area contributed by atoms with Gasteiger partial charge in [-0.05, 0) is 25.5 Å². The minimum atomic E-state index is 0. The van der Waals surface area contributed by atoms with E-state index in [0.29, 0.717) is 17.7 Å². The Hall–Kier alpha value is -0.800. The SMILES string of the molecule is CCOCCNC(=NC)NC1CCN(c2ncccc2Cl)C1.I. The van der Waals surface area contributed by atoms with Gasteiger partial charge in [-0.15, -0.1) is 24.0 Å². The molecule has 0 saturated carbocycles. The molecule has 2 rings (SSSR count). The number of aliphatic imine (C=N–C) groups is 1. The highest BCUT2D eigenvalue weighted by atomic mass is 127. The first kappa shape index (κ1) is 20.2. The lowest BCUT2D eigenvalue weighted by atomic mass is 10.3. The molecule has 0 radical (unpaired) electrons. The second-order valence-corrected chi connectivity index (χ2v) is 5.49. The summed E-state index contributed by atoms with van der Waals surface area (Å²) in [4.78, 5) is 10.8. The molecule has 130 valence electrons. The van der Waals surface area contributed by atoms with Crippen LogP contribution in [0, 0.1) is 0 Å². The minimum absolute atomic E-state index is 0. The lowest BCUT2D eigenvalue weighted by Crippen LogP contribution is -2.45. The van der Waals surface area contributed by atoms with Gasteiger partial charge in [0.25, 0.3) is 0 Å². The zero-order valence-corrected chi connectivity index (χ0v) is 16.7. The summed E-state index contributed by atoms with van der Waals surface area (Å²) in [5.74, 6) is 1.66. The summed E-state index contributed by atoms with van der Waals surface area (Å²) < 4.78 is 5.31. The molecule has 2 heterocycles. The first-order valence-corrected chi connectivity index (χ1v) is 8.02. The molecule has 1 fully saturated rings. The van der Waals surface area contributed by atoms with E-state index >= 15 is 0 Å². The Bertz CT molecular complexity index is 503. The van der Waals surface area contributed by atoms with Gasteiger partial charge in [0.15, 0.2) is 5.96 Å². The molecule has 1 aliphatic heterocycles. The first-order valence-electron chi connectivity index (χ1n) is 7.65. The van der Waals surface area contributed by atoms with Gasteiger partial charge in [-0.25, -0.2) is 4.98 Å². The van der Waals surface area contributed by atoms with Crippen molar-refractivity contribution in [3.8, 4) is 0 Å². The van der Waals surface area contributed by atoms with Crippen LogP contribution in [0.1, 0.15) is 13.3 Å². The normalized spacial score (nSPS) is 17.8. The third-order valence-electron chi connectivity index (χ3n) is 3.53. The zero-order chi connectivity index (χ0) is 15.8. The first-order chi connectivity index (χ1) is 10.7. The number of anilines is 1. The number of hydrogen-bond acceptors (Lipinski definition) is 4. The molecule has 1 aromatic heterocycles. The predicted molar refractivity (Wildman–Crippen MR) is 106 cm³/mol. The van der Waals surface area contributed by atoms with Gasteiger partial charge in [-0.2, -0.15) is 0 Å². The highest BCUT2D eigenvalue weighted by Crippen LogP contribution is 2.25. The zero-order valence-electron chi connectivity index (χ0n) is 13.6. The highest BCUT2D eigenvalue weighted by Gasteiger charge is 2.25. The average Bonchev–Trinajstić information content (AvgIpc) is 2.99. The molecule has 1 saturated heterocycles. The largest absolute Gasteiger partial charge is 0.380 e. The van der Waals surface area contributed by atoms with Crippen molar-refractivity contribution in [3.63, 3.8) is 0 Å². The van der Waals surface area contributed by atoms with Gasteiger partial charge in [0.2, 0.25) is 0 Å². The van der Waals surface area contributed by atoms with E-state index in [-0.39, 0.29) is 24.0 Å². The van der Waals surface area contributed by atoms with Crippen LogP contribution in [0.5, 0.6) is 0 Å². The van der Waals surface area contributed by atoms with Crippen molar-refractivity contribution in [1.82, 2.24) is 15.6 Å². The summed E-state index contributed by atoms with van der Waals surface area (Å²) in [6, 6.07) is 4.05. The van der Waals surface area contributed by atoms with Crippen LogP contribution in [-0.4, -0.2) is 56.9 Å². The Morgan fingerprint density at radius 1 is 1.57 bits per heavy atom. The second-order valence-electron chi connectivity index (χ2n) is 5.08. The van der Waals surface area contributed by atoms with Gasteiger partial charge in [0.1, 0.15) is 5.82 Å². The fraction of sp³-hybridized carbons (Fsp3) is 0.600. The number of aromatic nitrogens is 1. The third kappa shape index (κ3) is 6.31. The van der Waals surface area contributed by atoms with Crippen LogP contribution in [0.2, 0.25) is 5.02 Å². The van der Waals surface area contributed by atoms with Crippen LogP contribution >= 0.6 is 35.6 Å². The molecule has 0 aromatic carbocycles. The second kappa shape index (κ2) is 10.9. The number of ether oxygens (including phenoxy) is 1. The molecule has 1 unspecified atom stereocenters. The van der Waals surface area contributed by atoms with E-state index < -0.39 is 0 Å². The molecule has 0 amide bonds. The predicted octanol–water partition coefficient (Wildman–Crippen LogP) is 2.13. The number of halogens is 2. The molecule has 1 aromatic rings. The van der Waals surface area contributed by atoms with Gasteiger partial charge in [-0.3, -0.25) is 4.99 Å². The number of hydrogen-bond donors (Lipinski definition) is 2. The Morgan fingerprint density at radius 2 is 2.39 bits per heavy atom. The van der Waals surface area contributed by atoms with Crippen molar-refractivity contribution in [2.75, 3.05) is 44.8 Å². The number of rotatable bonds is 6. The molecule has 6 nitrogen and oxygen atoms in total. The Balaban J connectivity index is 0.00000264. The maximum absolute atomic E-state index is 6.21. The number of nitrogens with zero attached hydrogens (tertiary/aromatic N) is 3. The molecule has 0 aliphatic carbocycles. The lowest BCUT2D eigenvalue weighted by molar-refractivity contribution is 0.152. The van der Waals surface area contributed by atoms with Crippen LogP contribution in [0.25, 0.3) is 0 Å². The molecular weight excluding hydrogens is 429 g/mol. The van der Waals surface area contributed by atoms with Gasteiger partial charge in [0.05, 0.1) is 11.6 Å². The number of pyridine rings is 1. The lowest BCUT2D eigenvalue weighted by Gasteiger charge is -2.20. The van der Waals surface area contributed by atoms with Crippen molar-refractivity contribution in [2.24, 2.45) is 4.99 Å². The van der Waals surface area contributed by atoms with Crippen molar-refractivity contribution >= 4 is 47.4 Å². The summed E-state index contributed by atoms with van der Waals surface area (Å²) in [5.41, 5.74) is 0. The summed E-state index contributed by atoms with van der Waals surface area (Å²) >= 11 is 6.21. The maximum Gasteiger partial charge on any atom is 0.191 e. The molecule has 8 heteroatoms. The Labute approximate surface area is 160 Å². The highest BCUT2D eigenvalue weighted by molar-refractivity contribution is 14.0. The monoisotopic (exact) mass is 453 g/mol. The fourth-order valence-electron chi connectivity index (χ4n) is 2.45. The van der Waals surface area contributed by atoms with Crippen molar-refractivity contribution in [1.29, 1.82) is 0 Å². The molecule has 0 bridgehead atoms. The number of nitrogens with one attached hydrogen (secondary N) is 2. The van der Waals surface area contributed by atoms with Crippen LogP contribution in [0.4, 0.5) is 5.82 Å². The van der Waals surface area contributed by atoms with Crippen LogP contribution < -0.4 is 15.5 Å². The summed E-state index contributed by atoms with van der Waals surface area (Å²) in [6.07, 6.45) is 2.80. The van der Waals surface area contributed by atoms with Gasteiger partial charge < -0.3 is 20.3 Å². The van der Waals surface area contributed by atoms with E-state index in [9.17, 15) is 0 Å². The van der Waals surface area contributed by atoms with E-state index in [1.54, 1.807) is 13.2 Å². The molecule has 1 atom stereocenters. The molecule has 1 aliphatic rings. The smallest absolute Gasteiger partial charge is 0.191 e. The van der Waals surface area contributed by atoms with Crippen molar-refractivity contribution < 1.29 is 4.74 Å². The van der Waals surface area contributed by atoms with E-state index in [1.807, 2.05) is 19.1 Å². The van der Waals surface area contributed by atoms with E-state index in [2.05, 4.69) is 25.5 Å². The fourth-order valence-corrected chi connectivity index (χ4v) is 2.70. The van der Waals surface area contributed by atoms with Crippen LogP contribution in [0.3, 0.4) is 0 Å². The number of guanidine groups is 1. The Kier molecular flexibility index (Phi) is 9.57. The van der Waals surface area contributed by atoms with Gasteiger partial charge in [0, 0.05) is 45.5 Å². The quantitative estimate of drug-likeness (QED) is 0.299. The van der Waals surface area contributed by atoms with E-state index in [4.69, 9.17) is 16.3 Å². The van der Waals surface area contributed by atoms with Crippen molar-refractivity contribution in [3.05, 3.63) is 23.4 Å². The summed E-state index contributed by atoms with van der Waals surface area (Å²) in [7, 11) is 1.78. The molecule has 23 heavy (non-hydrogen) atoms. The van der Waals surface area contributed by atoms with E-state index in [0.717, 1.165) is 44.4 Å². The third-order valence-corrected chi connectivity index (χ3v) is 3.83. The van der Waals surface area contributed by atoms with Gasteiger partial charge in [-0.1, -0.05) is 11.6 Å². The molecule has 0 spiro atoms. The maximum atomic E-state index is 6.21. The summed E-state index contributed by atoms with van der Waals surface area (Å²) in [5, 5.41) is 7.38. The van der Waals surface area contributed by atoms with E-state index in [1.165, 1.54) is 0 Å². The summed E-state index contributed by atoms with van der Waals surface area (Å²) in [6.45, 7) is 5.94. The average molecular weight is 454 g/mol. The Morgan fingerprint density at radius 3 is 3.09 bits per heavy atom. The molecule has 2 N–H and O–H groups in total. The molecular formula is C15H25ClIN5O. The standard InChI is InChI=1S/C15H24ClN5O.HI/c1-3-22-10-8-19-15(17-2)20-12-6-9-21(11-12)14-13(16)5-4-7-18-14;/h4-5,7,12H,3,6,8-11H2,1-2H3,(H2,17,19,20);1H.